The van der Waals surface area contributed by atoms with Crippen molar-refractivity contribution in [3.63, 3.8) is 0 Å². The van der Waals surface area contributed by atoms with Gasteiger partial charge in [-0.05, 0) is 26.2 Å². The molecule has 0 aliphatic heterocycles. The minimum absolute atomic E-state index is 0. The van der Waals surface area contributed by atoms with E-state index in [1.54, 1.807) is 0 Å². The van der Waals surface area contributed by atoms with Crippen LogP contribution in [0.2, 0.25) is 0 Å². The van der Waals surface area contributed by atoms with Crippen molar-refractivity contribution in [3.05, 3.63) is 11.7 Å². The molecule has 1 fully saturated rings. The molecule has 2 rings (SSSR count). The number of nitrogens with zero attached hydrogens (tertiary/aromatic N) is 3. The van der Waals surface area contributed by atoms with Crippen LogP contribution < -0.4 is 10.6 Å². The van der Waals surface area contributed by atoms with Gasteiger partial charge in [-0.3, -0.25) is 4.99 Å². The van der Waals surface area contributed by atoms with Crippen LogP contribution in [0.1, 0.15) is 70.5 Å². The third kappa shape index (κ3) is 7.05. The lowest BCUT2D eigenvalue weighted by Gasteiger charge is -2.16. The fraction of sp³-hybridized carbons (Fsp3) is 0.812. The van der Waals surface area contributed by atoms with Gasteiger partial charge in [-0.1, -0.05) is 31.8 Å². The maximum atomic E-state index is 5.25. The highest BCUT2D eigenvalue weighted by molar-refractivity contribution is 14.0. The maximum absolute atomic E-state index is 5.25. The van der Waals surface area contributed by atoms with Gasteiger partial charge in [0.15, 0.2) is 11.8 Å². The van der Waals surface area contributed by atoms with E-state index >= 15 is 0 Å². The highest BCUT2D eigenvalue weighted by Gasteiger charge is 2.15. The first kappa shape index (κ1) is 20.2. The van der Waals surface area contributed by atoms with Gasteiger partial charge in [0, 0.05) is 31.5 Å². The van der Waals surface area contributed by atoms with Crippen molar-refractivity contribution in [2.24, 2.45) is 4.99 Å². The summed E-state index contributed by atoms with van der Waals surface area (Å²) in [5, 5.41) is 10.8. The van der Waals surface area contributed by atoms with Crippen LogP contribution in [0.5, 0.6) is 0 Å². The molecule has 7 heteroatoms. The summed E-state index contributed by atoms with van der Waals surface area (Å²) >= 11 is 0. The largest absolute Gasteiger partial charge is 0.357 e. The summed E-state index contributed by atoms with van der Waals surface area (Å²) < 4.78 is 5.25. The van der Waals surface area contributed by atoms with Gasteiger partial charge in [0.1, 0.15) is 0 Å². The number of guanidine groups is 1. The summed E-state index contributed by atoms with van der Waals surface area (Å²) in [7, 11) is 0. The first-order valence-corrected chi connectivity index (χ1v) is 8.56. The summed E-state index contributed by atoms with van der Waals surface area (Å²) in [5.74, 6) is 2.75. The number of aliphatic imine (C=N–C) groups is 1. The van der Waals surface area contributed by atoms with Crippen LogP contribution in [-0.4, -0.2) is 35.2 Å². The number of hydrogen-bond acceptors (Lipinski definition) is 4. The zero-order chi connectivity index (χ0) is 15.8. The van der Waals surface area contributed by atoms with E-state index in [4.69, 9.17) is 4.52 Å². The Bertz CT molecular complexity index is 469. The van der Waals surface area contributed by atoms with Crippen LogP contribution in [0.25, 0.3) is 0 Å². The number of nitrogens with one attached hydrogen (secondary N) is 2. The smallest absolute Gasteiger partial charge is 0.226 e. The molecule has 1 saturated carbocycles. The van der Waals surface area contributed by atoms with Crippen molar-refractivity contribution in [3.8, 4) is 0 Å². The van der Waals surface area contributed by atoms with Gasteiger partial charge in [0.05, 0.1) is 0 Å². The second kappa shape index (κ2) is 10.8. The third-order valence-corrected chi connectivity index (χ3v) is 3.86. The number of aromatic nitrogens is 2. The van der Waals surface area contributed by atoms with Gasteiger partial charge in [-0.2, -0.15) is 4.98 Å². The topological polar surface area (TPSA) is 75.3 Å². The number of rotatable bonds is 7. The molecule has 0 radical (unpaired) electrons. The van der Waals surface area contributed by atoms with Crippen molar-refractivity contribution in [1.29, 1.82) is 0 Å². The number of halogens is 1. The minimum Gasteiger partial charge on any atom is -0.357 e. The van der Waals surface area contributed by atoms with Crippen LogP contribution in [0, 0.1) is 0 Å². The van der Waals surface area contributed by atoms with Crippen molar-refractivity contribution in [1.82, 2.24) is 20.8 Å². The average molecular weight is 435 g/mol. The van der Waals surface area contributed by atoms with Crippen molar-refractivity contribution < 1.29 is 4.52 Å². The molecular weight excluding hydrogens is 405 g/mol. The molecule has 1 aromatic rings. The normalized spacial score (nSPS) is 15.7. The fourth-order valence-corrected chi connectivity index (χ4v) is 2.61. The van der Waals surface area contributed by atoms with Gasteiger partial charge >= 0.3 is 0 Å². The average Bonchev–Trinajstić information content (AvgIpc) is 3.15. The van der Waals surface area contributed by atoms with E-state index in [1.807, 2.05) is 0 Å². The second-order valence-electron chi connectivity index (χ2n) is 6.19. The molecule has 0 aromatic carbocycles. The van der Waals surface area contributed by atoms with E-state index in [0.717, 1.165) is 37.7 Å². The zero-order valence-corrected chi connectivity index (χ0v) is 16.8. The molecule has 23 heavy (non-hydrogen) atoms. The molecule has 1 heterocycles. The lowest BCUT2D eigenvalue weighted by Crippen LogP contribution is -2.42. The third-order valence-electron chi connectivity index (χ3n) is 3.86. The van der Waals surface area contributed by atoms with Crippen LogP contribution in [0.15, 0.2) is 9.52 Å². The van der Waals surface area contributed by atoms with E-state index in [2.05, 4.69) is 46.5 Å². The first-order valence-electron chi connectivity index (χ1n) is 8.56. The molecule has 0 unspecified atom stereocenters. The minimum atomic E-state index is 0. The maximum Gasteiger partial charge on any atom is 0.226 e. The molecule has 0 bridgehead atoms. The summed E-state index contributed by atoms with van der Waals surface area (Å²) in [6.07, 6.45) is 6.86. The van der Waals surface area contributed by atoms with Crippen LogP contribution in [0.3, 0.4) is 0 Å². The molecule has 1 aliphatic rings. The highest BCUT2D eigenvalue weighted by atomic mass is 127. The molecule has 132 valence electrons. The van der Waals surface area contributed by atoms with Crippen molar-refractivity contribution in [2.75, 3.05) is 13.1 Å². The van der Waals surface area contributed by atoms with Gasteiger partial charge in [0.2, 0.25) is 5.89 Å². The summed E-state index contributed by atoms with van der Waals surface area (Å²) in [6, 6.07) is 0.586. The number of aryl methyl sites for hydroxylation is 1. The lowest BCUT2D eigenvalue weighted by atomic mass is 10.2. The molecule has 6 nitrogen and oxygen atoms in total. The Morgan fingerprint density at radius 2 is 2.09 bits per heavy atom. The molecule has 0 saturated heterocycles. The highest BCUT2D eigenvalue weighted by Crippen LogP contribution is 2.17. The summed E-state index contributed by atoms with van der Waals surface area (Å²) in [6.45, 7) is 7.88. The van der Waals surface area contributed by atoms with E-state index < -0.39 is 0 Å². The first-order chi connectivity index (χ1) is 10.7. The molecule has 0 atom stereocenters. The Hall–Kier alpha value is -0.860. The van der Waals surface area contributed by atoms with Gasteiger partial charge in [0.25, 0.3) is 0 Å². The van der Waals surface area contributed by atoms with Crippen LogP contribution in [-0.2, 0) is 6.42 Å². The molecule has 0 amide bonds. The van der Waals surface area contributed by atoms with Crippen LogP contribution in [0.4, 0.5) is 0 Å². The van der Waals surface area contributed by atoms with E-state index in [1.165, 1.54) is 25.7 Å². The molecule has 2 N–H and O–H groups in total. The van der Waals surface area contributed by atoms with Gasteiger partial charge < -0.3 is 15.2 Å². The fourth-order valence-electron chi connectivity index (χ4n) is 2.61. The second-order valence-corrected chi connectivity index (χ2v) is 6.19. The molecule has 1 aromatic heterocycles. The monoisotopic (exact) mass is 435 g/mol. The standard InChI is InChI=1S/C16H29N5O.HI/c1-4-17-16(19-13-8-5-6-9-13)18-11-7-10-14-20-15(12(2)3)21-22-14;/h12-13H,4-11H2,1-3H3,(H2,17,18,19);1H. The summed E-state index contributed by atoms with van der Waals surface area (Å²) in [4.78, 5) is 9.03. The van der Waals surface area contributed by atoms with Crippen LogP contribution >= 0.6 is 24.0 Å². The Kier molecular flexibility index (Phi) is 9.50. The van der Waals surface area contributed by atoms with Crippen molar-refractivity contribution in [2.45, 2.75) is 71.3 Å². The zero-order valence-electron chi connectivity index (χ0n) is 14.5. The predicted molar refractivity (Wildman–Crippen MR) is 103 cm³/mol. The molecular formula is C16H30IN5O. The lowest BCUT2D eigenvalue weighted by molar-refractivity contribution is 0.369. The van der Waals surface area contributed by atoms with Gasteiger partial charge in [-0.25, -0.2) is 0 Å². The Morgan fingerprint density at radius 3 is 2.70 bits per heavy atom. The summed E-state index contributed by atoms with van der Waals surface area (Å²) in [5.41, 5.74) is 0. The van der Waals surface area contributed by atoms with Gasteiger partial charge in [-0.15, -0.1) is 24.0 Å². The molecule has 1 aliphatic carbocycles. The van der Waals surface area contributed by atoms with Crippen molar-refractivity contribution >= 4 is 29.9 Å². The van der Waals surface area contributed by atoms with E-state index in [-0.39, 0.29) is 24.0 Å². The Balaban J connectivity index is 0.00000264. The SMILES string of the molecule is CCNC(=NCCCc1nc(C(C)C)no1)NC1CCCC1.I. The predicted octanol–water partition coefficient (Wildman–Crippen LogP) is 3.24. The molecule has 0 spiro atoms. The van der Waals surface area contributed by atoms with E-state index in [0.29, 0.717) is 17.9 Å². The Morgan fingerprint density at radius 1 is 1.35 bits per heavy atom. The Labute approximate surface area is 156 Å². The number of hydrogen-bond donors (Lipinski definition) is 2. The quantitative estimate of drug-likeness (QED) is 0.298. The van der Waals surface area contributed by atoms with E-state index in [9.17, 15) is 0 Å².